The quantitative estimate of drug-likeness (QED) is 0.905. The summed E-state index contributed by atoms with van der Waals surface area (Å²) in [6, 6.07) is 0.613. The van der Waals surface area contributed by atoms with E-state index in [1.165, 1.54) is 6.26 Å². The smallest absolute Gasteiger partial charge is 0.211 e. The maximum atomic E-state index is 11.4. The highest BCUT2D eigenvalue weighted by molar-refractivity contribution is 7.88. The second-order valence-corrected chi connectivity index (χ2v) is 7.60. The molecular weight excluding hydrogens is 270 g/mol. The number of hydrogen-bond donors (Lipinski definition) is 1. The van der Waals surface area contributed by atoms with Crippen LogP contribution in [0.2, 0.25) is 0 Å². The van der Waals surface area contributed by atoms with E-state index in [1.54, 1.807) is 15.6 Å². The van der Waals surface area contributed by atoms with E-state index in [1.807, 2.05) is 11.6 Å². The number of nitrogens with one attached hydrogen (secondary N) is 1. The van der Waals surface area contributed by atoms with Gasteiger partial charge in [0.2, 0.25) is 10.0 Å². The topological polar surface area (TPSA) is 62.3 Å². The van der Waals surface area contributed by atoms with Gasteiger partial charge in [0, 0.05) is 30.7 Å². The number of rotatable bonds is 4. The summed E-state index contributed by atoms with van der Waals surface area (Å²) in [5.41, 5.74) is 0. The Morgan fingerprint density at radius 2 is 2.17 bits per heavy atom. The lowest BCUT2D eigenvalue weighted by molar-refractivity contribution is 0.278. The molecule has 0 aromatic carbocycles. The van der Waals surface area contributed by atoms with Crippen molar-refractivity contribution in [3.05, 3.63) is 16.6 Å². The Morgan fingerprint density at radius 1 is 1.50 bits per heavy atom. The molecule has 1 atom stereocenters. The highest BCUT2D eigenvalue weighted by Gasteiger charge is 2.25. The van der Waals surface area contributed by atoms with Gasteiger partial charge in [-0.15, -0.1) is 11.3 Å². The van der Waals surface area contributed by atoms with Gasteiger partial charge in [-0.25, -0.2) is 17.7 Å². The van der Waals surface area contributed by atoms with Gasteiger partial charge in [0.15, 0.2) is 0 Å². The number of nitrogens with zero attached hydrogens (tertiary/aromatic N) is 2. The van der Waals surface area contributed by atoms with Crippen molar-refractivity contribution in [2.45, 2.75) is 31.8 Å². The van der Waals surface area contributed by atoms with Crippen LogP contribution in [0.15, 0.2) is 11.6 Å². The zero-order valence-corrected chi connectivity index (χ0v) is 12.3. The molecule has 0 radical (unpaired) electrons. The normalized spacial score (nSPS) is 21.0. The average Bonchev–Trinajstić information content (AvgIpc) is 2.82. The molecule has 1 fully saturated rings. The van der Waals surface area contributed by atoms with Crippen molar-refractivity contribution in [2.75, 3.05) is 19.3 Å². The molecule has 2 heterocycles. The van der Waals surface area contributed by atoms with Gasteiger partial charge in [-0.3, -0.25) is 0 Å². The summed E-state index contributed by atoms with van der Waals surface area (Å²) in [5.74, 6) is 0. The van der Waals surface area contributed by atoms with Crippen molar-refractivity contribution in [1.82, 2.24) is 14.6 Å². The first-order valence-corrected chi connectivity index (χ1v) is 8.80. The lowest BCUT2D eigenvalue weighted by atomic mass is 10.1. The summed E-state index contributed by atoms with van der Waals surface area (Å²) < 4.78 is 24.4. The van der Waals surface area contributed by atoms with E-state index in [-0.39, 0.29) is 6.04 Å². The Bertz CT molecular complexity index is 464. The minimum absolute atomic E-state index is 0.236. The first kappa shape index (κ1) is 13.9. The van der Waals surface area contributed by atoms with E-state index in [4.69, 9.17) is 0 Å². The Labute approximate surface area is 112 Å². The summed E-state index contributed by atoms with van der Waals surface area (Å²) in [5, 5.41) is 6.58. The fourth-order valence-corrected chi connectivity index (χ4v) is 3.76. The van der Waals surface area contributed by atoms with Crippen molar-refractivity contribution in [1.29, 1.82) is 0 Å². The van der Waals surface area contributed by atoms with E-state index in [9.17, 15) is 8.42 Å². The average molecular weight is 289 g/mol. The first-order valence-electron chi connectivity index (χ1n) is 6.07. The Morgan fingerprint density at radius 3 is 2.67 bits per heavy atom. The van der Waals surface area contributed by atoms with Crippen LogP contribution in [0.4, 0.5) is 0 Å². The van der Waals surface area contributed by atoms with Crippen LogP contribution in [0.1, 0.15) is 30.8 Å². The predicted molar refractivity (Wildman–Crippen MR) is 73.1 cm³/mol. The number of aromatic nitrogens is 1. The molecule has 5 nitrogen and oxygen atoms in total. The minimum Gasteiger partial charge on any atom is -0.305 e. The third kappa shape index (κ3) is 3.50. The summed E-state index contributed by atoms with van der Waals surface area (Å²) in [7, 11) is -3.03. The van der Waals surface area contributed by atoms with Gasteiger partial charge in [0.1, 0.15) is 5.01 Å². The van der Waals surface area contributed by atoms with E-state index < -0.39 is 10.0 Å². The van der Waals surface area contributed by atoms with Crippen LogP contribution in [0.25, 0.3) is 0 Å². The van der Waals surface area contributed by atoms with Crippen molar-refractivity contribution in [3.8, 4) is 0 Å². The zero-order chi connectivity index (χ0) is 13.2. The van der Waals surface area contributed by atoms with Gasteiger partial charge < -0.3 is 5.32 Å². The molecule has 18 heavy (non-hydrogen) atoms. The molecule has 0 spiro atoms. The summed E-state index contributed by atoms with van der Waals surface area (Å²) >= 11 is 1.64. The van der Waals surface area contributed by atoms with Gasteiger partial charge in [-0.2, -0.15) is 0 Å². The van der Waals surface area contributed by atoms with Gasteiger partial charge in [-0.05, 0) is 19.8 Å². The predicted octanol–water partition coefficient (Wildman–Crippen LogP) is 1.22. The SMILES string of the molecule is CC(NC1CCN(S(C)(=O)=O)CC1)c1nccs1. The molecule has 1 unspecified atom stereocenters. The third-order valence-electron chi connectivity index (χ3n) is 3.23. The molecule has 1 N–H and O–H groups in total. The molecular formula is C11H19N3O2S2. The number of hydrogen-bond acceptors (Lipinski definition) is 5. The second-order valence-electron chi connectivity index (χ2n) is 4.70. The van der Waals surface area contributed by atoms with E-state index >= 15 is 0 Å². The number of thiazole rings is 1. The van der Waals surface area contributed by atoms with Crippen LogP contribution in [0.5, 0.6) is 0 Å². The molecule has 7 heteroatoms. The molecule has 0 amide bonds. The third-order valence-corrected chi connectivity index (χ3v) is 5.49. The first-order chi connectivity index (χ1) is 8.47. The maximum absolute atomic E-state index is 11.4. The lowest BCUT2D eigenvalue weighted by Crippen LogP contribution is -2.45. The molecule has 1 aliphatic rings. The summed E-state index contributed by atoms with van der Waals surface area (Å²) in [6.07, 6.45) is 4.81. The Kier molecular flexibility index (Phi) is 4.37. The zero-order valence-electron chi connectivity index (χ0n) is 10.7. The second kappa shape index (κ2) is 5.64. The largest absolute Gasteiger partial charge is 0.305 e. The van der Waals surface area contributed by atoms with Crippen molar-refractivity contribution in [2.24, 2.45) is 0 Å². The summed E-state index contributed by atoms with van der Waals surface area (Å²) in [6.45, 7) is 3.32. The molecule has 2 rings (SSSR count). The van der Waals surface area contributed by atoms with Crippen LogP contribution < -0.4 is 5.32 Å². The van der Waals surface area contributed by atoms with Crippen molar-refractivity contribution < 1.29 is 8.42 Å². The molecule has 102 valence electrons. The molecule has 1 aromatic heterocycles. The van der Waals surface area contributed by atoms with Crippen LogP contribution in [-0.4, -0.2) is 43.1 Å². The van der Waals surface area contributed by atoms with E-state index in [0.717, 1.165) is 17.8 Å². The van der Waals surface area contributed by atoms with Crippen LogP contribution in [0.3, 0.4) is 0 Å². The van der Waals surface area contributed by atoms with Crippen LogP contribution in [0, 0.1) is 0 Å². The fraction of sp³-hybridized carbons (Fsp3) is 0.727. The lowest BCUT2D eigenvalue weighted by Gasteiger charge is -2.32. The monoisotopic (exact) mass is 289 g/mol. The molecule has 1 aliphatic heterocycles. The highest BCUT2D eigenvalue weighted by atomic mass is 32.2. The minimum atomic E-state index is -3.03. The fourth-order valence-electron chi connectivity index (χ4n) is 2.23. The number of sulfonamides is 1. The Hall–Kier alpha value is -0.500. The van der Waals surface area contributed by atoms with Gasteiger partial charge >= 0.3 is 0 Å². The molecule has 0 bridgehead atoms. The Balaban J connectivity index is 1.84. The van der Waals surface area contributed by atoms with Crippen molar-refractivity contribution in [3.63, 3.8) is 0 Å². The van der Waals surface area contributed by atoms with Crippen LogP contribution >= 0.6 is 11.3 Å². The molecule has 1 aromatic rings. The number of piperidine rings is 1. The highest BCUT2D eigenvalue weighted by Crippen LogP contribution is 2.19. The van der Waals surface area contributed by atoms with Gasteiger partial charge in [-0.1, -0.05) is 0 Å². The van der Waals surface area contributed by atoms with Crippen LogP contribution in [-0.2, 0) is 10.0 Å². The van der Waals surface area contributed by atoms with E-state index in [0.29, 0.717) is 19.1 Å². The standard InChI is InChI=1S/C11H19N3O2S2/c1-9(11-12-5-8-17-11)13-10-3-6-14(7-4-10)18(2,15)16/h5,8-10,13H,3-4,6-7H2,1-2H3. The molecule has 1 saturated heterocycles. The van der Waals surface area contributed by atoms with Gasteiger partial charge in [0.25, 0.3) is 0 Å². The van der Waals surface area contributed by atoms with Crippen molar-refractivity contribution >= 4 is 21.4 Å². The molecule has 0 saturated carbocycles. The van der Waals surface area contributed by atoms with E-state index in [2.05, 4.69) is 17.2 Å². The summed E-state index contributed by atoms with van der Waals surface area (Å²) in [4.78, 5) is 4.29. The molecule has 0 aliphatic carbocycles. The van der Waals surface area contributed by atoms with Gasteiger partial charge in [0.05, 0.1) is 12.3 Å². The maximum Gasteiger partial charge on any atom is 0.211 e.